The van der Waals surface area contributed by atoms with Crippen LogP contribution in [0.3, 0.4) is 0 Å². The van der Waals surface area contributed by atoms with Gasteiger partial charge in [0.1, 0.15) is 6.61 Å². The normalized spacial score (nSPS) is 13.4. The molecule has 2 heterocycles. The SMILES string of the molecule is Cc1ccccc1-n1ccnc1SCC(=O)NCc1cccc(N2CCOC2=O)c1. The first-order valence-electron chi connectivity index (χ1n) is 9.64. The predicted molar refractivity (Wildman–Crippen MR) is 116 cm³/mol. The Labute approximate surface area is 179 Å². The molecular weight excluding hydrogens is 400 g/mol. The lowest BCUT2D eigenvalue weighted by atomic mass is 10.2. The van der Waals surface area contributed by atoms with Gasteiger partial charge in [0.15, 0.2) is 5.16 Å². The van der Waals surface area contributed by atoms with Gasteiger partial charge in [-0.1, -0.05) is 42.1 Å². The van der Waals surface area contributed by atoms with E-state index in [0.29, 0.717) is 19.7 Å². The molecule has 0 aliphatic carbocycles. The van der Waals surface area contributed by atoms with Gasteiger partial charge in [-0.25, -0.2) is 9.78 Å². The first-order chi connectivity index (χ1) is 14.6. The Morgan fingerprint density at radius 2 is 2.10 bits per heavy atom. The van der Waals surface area contributed by atoms with Crippen LogP contribution >= 0.6 is 11.8 Å². The summed E-state index contributed by atoms with van der Waals surface area (Å²) in [5, 5.41) is 3.70. The maximum Gasteiger partial charge on any atom is 0.414 e. The number of hydrogen-bond acceptors (Lipinski definition) is 5. The van der Waals surface area contributed by atoms with Gasteiger partial charge in [-0.05, 0) is 36.2 Å². The molecular formula is C22H22N4O3S. The van der Waals surface area contributed by atoms with Crippen LogP contribution in [-0.4, -0.2) is 40.5 Å². The molecule has 1 aromatic heterocycles. The first kappa shape index (κ1) is 20.0. The minimum Gasteiger partial charge on any atom is -0.447 e. The third kappa shape index (κ3) is 4.49. The van der Waals surface area contributed by atoms with Crippen LogP contribution in [0, 0.1) is 6.92 Å². The molecule has 8 heteroatoms. The summed E-state index contributed by atoms with van der Waals surface area (Å²) in [5.74, 6) is 0.187. The molecule has 0 spiro atoms. The Morgan fingerprint density at radius 1 is 1.23 bits per heavy atom. The highest BCUT2D eigenvalue weighted by atomic mass is 32.2. The number of nitrogens with one attached hydrogen (secondary N) is 1. The van der Waals surface area contributed by atoms with Crippen molar-refractivity contribution in [2.24, 2.45) is 0 Å². The zero-order valence-electron chi connectivity index (χ0n) is 16.6. The highest BCUT2D eigenvalue weighted by molar-refractivity contribution is 7.99. The van der Waals surface area contributed by atoms with Gasteiger partial charge in [0.05, 0.1) is 18.0 Å². The average Bonchev–Trinajstić information content (AvgIpc) is 3.40. The summed E-state index contributed by atoms with van der Waals surface area (Å²) in [4.78, 5) is 30.1. The Kier molecular flexibility index (Phi) is 6.04. The molecule has 30 heavy (non-hydrogen) atoms. The number of imidazole rings is 1. The molecule has 154 valence electrons. The number of benzene rings is 2. The van der Waals surface area contributed by atoms with Gasteiger partial charge >= 0.3 is 6.09 Å². The lowest BCUT2D eigenvalue weighted by molar-refractivity contribution is -0.118. The molecule has 0 atom stereocenters. The van der Waals surface area contributed by atoms with Crippen molar-refractivity contribution in [3.63, 3.8) is 0 Å². The first-order valence-corrected chi connectivity index (χ1v) is 10.6. The fourth-order valence-corrected chi connectivity index (χ4v) is 4.05. The van der Waals surface area contributed by atoms with E-state index >= 15 is 0 Å². The number of carbonyl (C=O) groups excluding carboxylic acids is 2. The molecule has 0 bridgehead atoms. The summed E-state index contributed by atoms with van der Waals surface area (Å²) < 4.78 is 6.97. The second-order valence-corrected chi connectivity index (χ2v) is 7.81. The molecule has 1 fully saturated rings. The van der Waals surface area contributed by atoms with Gasteiger partial charge < -0.3 is 10.1 Å². The van der Waals surface area contributed by atoms with Crippen molar-refractivity contribution in [3.8, 4) is 5.69 Å². The lowest BCUT2D eigenvalue weighted by Crippen LogP contribution is -2.26. The van der Waals surface area contributed by atoms with Crippen LogP contribution in [0.1, 0.15) is 11.1 Å². The highest BCUT2D eigenvalue weighted by Crippen LogP contribution is 2.23. The minimum absolute atomic E-state index is 0.0784. The van der Waals surface area contributed by atoms with Crippen molar-refractivity contribution in [3.05, 3.63) is 72.1 Å². The van der Waals surface area contributed by atoms with E-state index < -0.39 is 0 Å². The molecule has 1 N–H and O–H groups in total. The van der Waals surface area contributed by atoms with Gasteiger partial charge in [-0.3, -0.25) is 14.3 Å². The number of carbonyl (C=O) groups is 2. The smallest absolute Gasteiger partial charge is 0.414 e. The monoisotopic (exact) mass is 422 g/mol. The van der Waals surface area contributed by atoms with Crippen molar-refractivity contribution < 1.29 is 14.3 Å². The van der Waals surface area contributed by atoms with E-state index in [1.807, 2.05) is 66.2 Å². The number of aryl methyl sites for hydroxylation is 1. The molecule has 0 unspecified atom stereocenters. The topological polar surface area (TPSA) is 76.5 Å². The van der Waals surface area contributed by atoms with Crippen molar-refractivity contribution in [1.29, 1.82) is 0 Å². The van der Waals surface area contributed by atoms with Gasteiger partial charge in [0.25, 0.3) is 0 Å². The molecule has 1 aliphatic heterocycles. The predicted octanol–water partition coefficient (Wildman–Crippen LogP) is 3.55. The Hall–Kier alpha value is -3.26. The van der Waals surface area contributed by atoms with E-state index in [4.69, 9.17) is 4.74 Å². The maximum atomic E-state index is 12.4. The number of ether oxygens (including phenoxy) is 1. The second-order valence-electron chi connectivity index (χ2n) is 6.87. The summed E-state index contributed by atoms with van der Waals surface area (Å²) in [7, 11) is 0. The van der Waals surface area contributed by atoms with Gasteiger partial charge in [0.2, 0.25) is 5.91 Å². The molecule has 0 saturated carbocycles. The Bertz CT molecular complexity index is 1070. The van der Waals surface area contributed by atoms with Crippen LogP contribution in [0.4, 0.5) is 10.5 Å². The second kappa shape index (κ2) is 9.04. The number of anilines is 1. The molecule has 0 radical (unpaired) electrons. The van der Waals surface area contributed by atoms with Gasteiger partial charge in [-0.15, -0.1) is 0 Å². The summed E-state index contributed by atoms with van der Waals surface area (Å²) >= 11 is 1.39. The largest absolute Gasteiger partial charge is 0.447 e. The van der Waals surface area contributed by atoms with E-state index in [1.54, 1.807) is 11.1 Å². The quantitative estimate of drug-likeness (QED) is 0.590. The molecule has 2 aromatic carbocycles. The summed E-state index contributed by atoms with van der Waals surface area (Å²) in [5.41, 5.74) is 3.89. The molecule has 3 aromatic rings. The number of rotatable bonds is 7. The van der Waals surface area contributed by atoms with Gasteiger partial charge in [0, 0.05) is 24.6 Å². The van der Waals surface area contributed by atoms with Crippen LogP contribution in [0.25, 0.3) is 5.69 Å². The van der Waals surface area contributed by atoms with Crippen molar-refractivity contribution in [2.45, 2.75) is 18.6 Å². The Morgan fingerprint density at radius 3 is 2.90 bits per heavy atom. The number of hydrogen-bond donors (Lipinski definition) is 1. The zero-order chi connectivity index (χ0) is 20.9. The number of nitrogens with zero attached hydrogens (tertiary/aromatic N) is 3. The molecule has 4 rings (SSSR count). The summed E-state index contributed by atoms with van der Waals surface area (Å²) in [6.07, 6.45) is 3.30. The number of amides is 2. The van der Waals surface area contributed by atoms with Crippen LogP contribution < -0.4 is 10.2 Å². The van der Waals surface area contributed by atoms with Crippen LogP contribution in [0.15, 0.2) is 66.1 Å². The fraction of sp³-hybridized carbons (Fsp3) is 0.227. The third-order valence-electron chi connectivity index (χ3n) is 4.79. The van der Waals surface area contributed by atoms with E-state index in [9.17, 15) is 9.59 Å². The van der Waals surface area contributed by atoms with Crippen LogP contribution in [0.2, 0.25) is 0 Å². The number of para-hydroxylation sites is 1. The number of cyclic esters (lactones) is 1. The lowest BCUT2D eigenvalue weighted by Gasteiger charge is -2.14. The van der Waals surface area contributed by atoms with Crippen LogP contribution in [0.5, 0.6) is 0 Å². The third-order valence-corrected chi connectivity index (χ3v) is 5.75. The van der Waals surface area contributed by atoms with Crippen molar-refractivity contribution in [2.75, 3.05) is 23.8 Å². The summed E-state index contributed by atoms with van der Waals surface area (Å²) in [6.45, 7) is 3.38. The molecule has 1 aliphatic rings. The van der Waals surface area contributed by atoms with Crippen molar-refractivity contribution in [1.82, 2.24) is 14.9 Å². The van der Waals surface area contributed by atoms with Gasteiger partial charge in [-0.2, -0.15) is 0 Å². The van der Waals surface area contributed by atoms with E-state index in [2.05, 4.69) is 10.3 Å². The number of aromatic nitrogens is 2. The van der Waals surface area contributed by atoms with E-state index in [-0.39, 0.29) is 17.8 Å². The van der Waals surface area contributed by atoms with E-state index in [1.165, 1.54) is 11.8 Å². The minimum atomic E-state index is -0.336. The summed E-state index contributed by atoms with van der Waals surface area (Å²) in [6, 6.07) is 15.6. The van der Waals surface area contributed by atoms with E-state index in [0.717, 1.165) is 27.7 Å². The Balaban J connectivity index is 1.33. The highest BCUT2D eigenvalue weighted by Gasteiger charge is 2.23. The molecule has 2 amide bonds. The molecule has 1 saturated heterocycles. The standard InChI is InChI=1S/C22H22N4O3S/c1-16-5-2-3-8-19(16)26-10-9-23-21(26)30-15-20(27)24-14-17-6-4-7-18(13-17)25-11-12-29-22(25)28/h2-10,13H,11-12,14-15H2,1H3,(H,24,27). The average molecular weight is 423 g/mol. The fourth-order valence-electron chi connectivity index (χ4n) is 3.26. The zero-order valence-corrected chi connectivity index (χ0v) is 17.4. The number of thioether (sulfide) groups is 1. The maximum absolute atomic E-state index is 12.4. The van der Waals surface area contributed by atoms with Crippen molar-refractivity contribution >= 4 is 29.4 Å². The van der Waals surface area contributed by atoms with Crippen LogP contribution in [-0.2, 0) is 16.1 Å². The molecule has 7 nitrogen and oxygen atoms in total.